The Balaban J connectivity index is 1.54. The third-order valence-corrected chi connectivity index (χ3v) is 7.16. The third kappa shape index (κ3) is 5.83. The van der Waals surface area contributed by atoms with E-state index < -0.39 is 45.3 Å². The number of nitrogens with one attached hydrogen (secondary N) is 1. The number of ketones is 1. The van der Waals surface area contributed by atoms with Gasteiger partial charge in [-0.05, 0) is 50.1 Å². The number of amides is 1. The van der Waals surface area contributed by atoms with Crippen LogP contribution in [0.15, 0.2) is 53.4 Å². The fourth-order valence-electron chi connectivity index (χ4n) is 3.33. The first kappa shape index (κ1) is 25.0. The van der Waals surface area contributed by atoms with Crippen LogP contribution in [0.1, 0.15) is 40.5 Å². The monoisotopic (exact) mass is 489 g/mol. The molecule has 11 nitrogen and oxygen atoms in total. The number of hydrogen-bond acceptors (Lipinski definition) is 8. The van der Waals surface area contributed by atoms with Crippen LogP contribution in [0.5, 0.6) is 0 Å². The van der Waals surface area contributed by atoms with E-state index in [0.29, 0.717) is 13.1 Å². The molecule has 1 atom stereocenters. The highest BCUT2D eigenvalue weighted by Gasteiger charge is 2.27. The molecule has 1 aliphatic rings. The van der Waals surface area contributed by atoms with E-state index in [0.717, 1.165) is 18.9 Å². The first-order valence-corrected chi connectivity index (χ1v) is 11.9. The molecule has 12 heteroatoms. The van der Waals surface area contributed by atoms with E-state index in [1.165, 1.54) is 53.7 Å². The van der Waals surface area contributed by atoms with E-state index >= 15 is 0 Å². The predicted octanol–water partition coefficient (Wildman–Crippen LogP) is 1.92. The van der Waals surface area contributed by atoms with E-state index in [4.69, 9.17) is 4.74 Å². The lowest BCUT2D eigenvalue weighted by atomic mass is 10.1. The summed E-state index contributed by atoms with van der Waals surface area (Å²) in [5.41, 5.74) is -0.108. The summed E-state index contributed by atoms with van der Waals surface area (Å²) < 4.78 is 31.5. The summed E-state index contributed by atoms with van der Waals surface area (Å²) >= 11 is 0. The number of benzene rings is 2. The van der Waals surface area contributed by atoms with Crippen molar-refractivity contribution in [3.63, 3.8) is 0 Å². The van der Waals surface area contributed by atoms with E-state index in [-0.39, 0.29) is 21.7 Å². The molecule has 3 rings (SSSR count). The van der Waals surface area contributed by atoms with Crippen LogP contribution < -0.4 is 5.32 Å². The average Bonchev–Trinajstić information content (AvgIpc) is 3.38. The van der Waals surface area contributed by atoms with E-state index in [1.54, 1.807) is 0 Å². The van der Waals surface area contributed by atoms with E-state index in [1.807, 2.05) is 0 Å². The second-order valence-corrected chi connectivity index (χ2v) is 9.61. The molecule has 34 heavy (non-hydrogen) atoms. The highest BCUT2D eigenvalue weighted by Crippen LogP contribution is 2.21. The first-order chi connectivity index (χ1) is 16.1. The zero-order valence-corrected chi connectivity index (χ0v) is 19.1. The summed E-state index contributed by atoms with van der Waals surface area (Å²) in [7, 11) is -3.60. The van der Waals surface area contributed by atoms with Gasteiger partial charge in [-0.1, -0.05) is 6.07 Å². The standard InChI is InChI=1S/C22H23N3O8S/c1-15(23-21(27)17-5-4-6-18(13-17)25(29)30)22(28)33-14-20(26)16-7-9-19(10-8-16)34(31,32)24-11-2-3-12-24/h4-10,13,15H,2-3,11-12,14H2,1H3,(H,23,27)/t15-/m0/s1. The van der Waals surface area contributed by atoms with Gasteiger partial charge in [-0.15, -0.1) is 0 Å². The van der Waals surface area contributed by atoms with Crippen LogP contribution in [0.4, 0.5) is 5.69 Å². The Morgan fingerprint density at radius 3 is 2.35 bits per heavy atom. The molecule has 1 aliphatic heterocycles. The Morgan fingerprint density at radius 2 is 1.74 bits per heavy atom. The minimum atomic E-state index is -3.60. The molecule has 2 aromatic rings. The number of hydrogen-bond donors (Lipinski definition) is 1. The maximum Gasteiger partial charge on any atom is 0.328 e. The maximum absolute atomic E-state index is 12.6. The quantitative estimate of drug-likeness (QED) is 0.243. The molecule has 1 fully saturated rings. The van der Waals surface area contributed by atoms with Gasteiger partial charge >= 0.3 is 5.97 Å². The SMILES string of the molecule is C[C@H](NC(=O)c1cccc([N+](=O)[O-])c1)C(=O)OCC(=O)c1ccc(S(=O)(=O)N2CCCC2)cc1. The number of carbonyl (C=O) groups excluding carboxylic acids is 3. The normalized spacial score (nSPS) is 14.9. The van der Waals surface area contributed by atoms with Gasteiger partial charge in [-0.2, -0.15) is 4.31 Å². The number of esters is 1. The number of sulfonamides is 1. The van der Waals surface area contributed by atoms with Crippen molar-refractivity contribution in [1.82, 2.24) is 9.62 Å². The Morgan fingerprint density at radius 1 is 1.09 bits per heavy atom. The van der Waals surface area contributed by atoms with E-state index in [2.05, 4.69) is 5.32 Å². The average molecular weight is 490 g/mol. The van der Waals surface area contributed by atoms with Crippen LogP contribution in [0.2, 0.25) is 0 Å². The number of nitro groups is 1. The molecule has 1 heterocycles. The highest BCUT2D eigenvalue weighted by atomic mass is 32.2. The van der Waals surface area contributed by atoms with E-state index in [9.17, 15) is 32.9 Å². The smallest absolute Gasteiger partial charge is 0.328 e. The van der Waals surface area contributed by atoms with Crippen molar-refractivity contribution in [3.8, 4) is 0 Å². The lowest BCUT2D eigenvalue weighted by molar-refractivity contribution is -0.384. The van der Waals surface area contributed by atoms with Gasteiger partial charge in [0, 0.05) is 36.3 Å². The summed E-state index contributed by atoms with van der Waals surface area (Å²) in [4.78, 5) is 47.0. The predicted molar refractivity (Wildman–Crippen MR) is 120 cm³/mol. The van der Waals surface area contributed by atoms with Crippen LogP contribution in [-0.2, 0) is 19.6 Å². The number of nitro benzene ring substituents is 1. The second-order valence-electron chi connectivity index (χ2n) is 7.67. The maximum atomic E-state index is 12.6. The van der Waals surface area contributed by atoms with Crippen LogP contribution in [0.25, 0.3) is 0 Å². The summed E-state index contributed by atoms with van der Waals surface area (Å²) in [6, 6.07) is 9.27. The molecule has 0 aliphatic carbocycles. The van der Waals surface area contributed by atoms with Gasteiger partial charge in [0.1, 0.15) is 6.04 Å². The zero-order chi connectivity index (χ0) is 24.9. The van der Waals surface area contributed by atoms with Crippen LogP contribution in [-0.4, -0.2) is 61.0 Å². The fraction of sp³-hybridized carbons (Fsp3) is 0.318. The van der Waals surface area contributed by atoms with Gasteiger partial charge in [0.25, 0.3) is 11.6 Å². The van der Waals surface area contributed by atoms with Crippen molar-refractivity contribution >= 4 is 33.4 Å². The number of nitrogens with zero attached hydrogens (tertiary/aromatic N) is 2. The van der Waals surface area contributed by atoms with Gasteiger partial charge in [0.2, 0.25) is 10.0 Å². The molecular weight excluding hydrogens is 466 g/mol. The molecule has 1 saturated heterocycles. The largest absolute Gasteiger partial charge is 0.456 e. The number of non-ortho nitro benzene ring substituents is 1. The van der Waals surface area contributed by atoms with Crippen molar-refractivity contribution in [2.24, 2.45) is 0 Å². The first-order valence-electron chi connectivity index (χ1n) is 10.4. The summed E-state index contributed by atoms with van der Waals surface area (Å²) in [5, 5.41) is 13.2. The molecule has 0 saturated carbocycles. The van der Waals surface area contributed by atoms with Crippen LogP contribution in [0.3, 0.4) is 0 Å². The van der Waals surface area contributed by atoms with Crippen molar-refractivity contribution in [2.75, 3.05) is 19.7 Å². The van der Waals surface area contributed by atoms with Crippen molar-refractivity contribution in [1.29, 1.82) is 0 Å². The highest BCUT2D eigenvalue weighted by molar-refractivity contribution is 7.89. The van der Waals surface area contributed by atoms with Crippen molar-refractivity contribution in [2.45, 2.75) is 30.7 Å². The van der Waals surface area contributed by atoms with Gasteiger partial charge in [-0.25, -0.2) is 13.2 Å². The minimum Gasteiger partial charge on any atom is -0.456 e. The Kier molecular flexibility index (Phi) is 7.74. The summed E-state index contributed by atoms with van der Waals surface area (Å²) in [5.74, 6) is -2.13. The lowest BCUT2D eigenvalue weighted by Gasteiger charge is -2.15. The van der Waals surface area contributed by atoms with Gasteiger partial charge in [0.05, 0.1) is 9.82 Å². The fourth-order valence-corrected chi connectivity index (χ4v) is 4.85. The van der Waals surface area contributed by atoms with Crippen LogP contribution >= 0.6 is 0 Å². The number of rotatable bonds is 9. The molecule has 180 valence electrons. The van der Waals surface area contributed by atoms with Crippen molar-refractivity contribution < 1.29 is 32.5 Å². The molecule has 1 amide bonds. The Bertz CT molecular complexity index is 1200. The zero-order valence-electron chi connectivity index (χ0n) is 18.3. The molecule has 0 aromatic heterocycles. The van der Waals surface area contributed by atoms with Crippen molar-refractivity contribution in [3.05, 3.63) is 69.8 Å². The summed E-state index contributed by atoms with van der Waals surface area (Å²) in [6.07, 6.45) is 1.62. The Hall–Kier alpha value is -3.64. The summed E-state index contributed by atoms with van der Waals surface area (Å²) in [6.45, 7) is 1.68. The molecule has 0 spiro atoms. The van der Waals surface area contributed by atoms with Gasteiger partial charge in [0.15, 0.2) is 12.4 Å². The molecule has 0 bridgehead atoms. The topological polar surface area (TPSA) is 153 Å². The van der Waals surface area contributed by atoms with Gasteiger partial charge < -0.3 is 10.1 Å². The Labute approximate surface area is 195 Å². The van der Waals surface area contributed by atoms with Crippen LogP contribution in [0, 0.1) is 10.1 Å². The minimum absolute atomic E-state index is 0.00565. The molecular formula is C22H23N3O8S. The molecule has 1 N–H and O–H groups in total. The molecule has 0 unspecified atom stereocenters. The molecule has 2 aromatic carbocycles. The van der Waals surface area contributed by atoms with Gasteiger partial charge in [-0.3, -0.25) is 19.7 Å². The number of ether oxygens (including phenoxy) is 1. The third-order valence-electron chi connectivity index (χ3n) is 5.24. The lowest BCUT2D eigenvalue weighted by Crippen LogP contribution is -2.40. The second kappa shape index (κ2) is 10.5. The number of Topliss-reactive ketones (excluding diaryl/α,β-unsaturated/α-hetero) is 1. The molecule has 0 radical (unpaired) electrons. The number of carbonyl (C=O) groups is 3.